The van der Waals surface area contributed by atoms with Crippen molar-refractivity contribution in [1.29, 1.82) is 5.26 Å². The number of hydrogen-bond donors (Lipinski definition) is 2. The normalized spacial score (nSPS) is 41.4. The van der Waals surface area contributed by atoms with Crippen molar-refractivity contribution in [2.45, 2.75) is 151 Å². The highest BCUT2D eigenvalue weighted by molar-refractivity contribution is 5.77. The number of esters is 1. The molecular formula is C41H64N2O5. The number of nitrogens with zero attached hydrogens (tertiary/aromatic N) is 1. The Hall–Kier alpha value is -2.36. The van der Waals surface area contributed by atoms with Crippen LogP contribution in [0.15, 0.2) is 12.2 Å². The van der Waals surface area contributed by atoms with Gasteiger partial charge >= 0.3 is 11.9 Å². The van der Waals surface area contributed by atoms with Gasteiger partial charge < -0.3 is 15.2 Å². The molecule has 0 bridgehead atoms. The van der Waals surface area contributed by atoms with Crippen LogP contribution in [-0.4, -0.2) is 35.6 Å². The highest BCUT2D eigenvalue weighted by Gasteiger charge is 2.71. The first kappa shape index (κ1) is 36.9. The highest BCUT2D eigenvalue weighted by Crippen LogP contribution is 2.78. The maximum absolute atomic E-state index is 13.3. The Labute approximate surface area is 290 Å². The molecule has 0 unspecified atom stereocenters. The fourth-order valence-electron chi connectivity index (χ4n) is 13.5. The van der Waals surface area contributed by atoms with Gasteiger partial charge in [0, 0.05) is 18.4 Å². The average molecular weight is 665 g/mol. The maximum atomic E-state index is 13.3. The van der Waals surface area contributed by atoms with E-state index in [0.717, 1.165) is 44.9 Å². The molecule has 5 fully saturated rings. The first-order valence-electron chi connectivity index (χ1n) is 19.0. The van der Waals surface area contributed by atoms with Crippen LogP contribution in [0, 0.1) is 73.4 Å². The third-order valence-electron chi connectivity index (χ3n) is 15.8. The number of amides is 1. The number of carbonyl (C=O) groups is 3. The smallest absolute Gasteiger partial charge is 0.306 e. The molecule has 1 amide bonds. The number of rotatable bonds is 10. The first-order valence-corrected chi connectivity index (χ1v) is 19.0. The van der Waals surface area contributed by atoms with Gasteiger partial charge in [0.1, 0.15) is 6.10 Å². The molecule has 0 aromatic heterocycles. The van der Waals surface area contributed by atoms with E-state index in [-0.39, 0.29) is 57.9 Å². The van der Waals surface area contributed by atoms with Crippen LogP contribution < -0.4 is 5.32 Å². The van der Waals surface area contributed by atoms with Crippen LogP contribution in [0.25, 0.3) is 0 Å². The van der Waals surface area contributed by atoms with Crippen LogP contribution in [-0.2, 0) is 19.1 Å². The lowest BCUT2D eigenvalue weighted by Crippen LogP contribution is -2.67. The molecule has 268 valence electrons. The number of ether oxygens (including phenoxy) is 1. The number of carbonyl (C=O) groups excluding carboxylic acids is 2. The summed E-state index contributed by atoms with van der Waals surface area (Å²) in [4.78, 5) is 37.8. The second kappa shape index (κ2) is 12.8. The molecule has 0 saturated heterocycles. The van der Waals surface area contributed by atoms with Crippen molar-refractivity contribution < 1.29 is 24.2 Å². The predicted octanol–water partition coefficient (Wildman–Crippen LogP) is 8.87. The van der Waals surface area contributed by atoms with E-state index in [4.69, 9.17) is 10.00 Å². The molecule has 2 N–H and O–H groups in total. The summed E-state index contributed by atoms with van der Waals surface area (Å²) in [6, 6.07) is 2.15. The Balaban J connectivity index is 1.38. The van der Waals surface area contributed by atoms with Crippen LogP contribution in [0.5, 0.6) is 0 Å². The van der Waals surface area contributed by atoms with Gasteiger partial charge in [-0.1, -0.05) is 60.6 Å². The zero-order chi connectivity index (χ0) is 35.5. The third-order valence-corrected chi connectivity index (χ3v) is 15.8. The molecule has 5 saturated carbocycles. The predicted molar refractivity (Wildman–Crippen MR) is 187 cm³/mol. The number of nitriles is 1. The maximum Gasteiger partial charge on any atom is 0.306 e. The molecule has 48 heavy (non-hydrogen) atoms. The van der Waals surface area contributed by atoms with E-state index in [1.807, 2.05) is 13.8 Å². The molecule has 5 rings (SSSR count). The monoisotopic (exact) mass is 664 g/mol. The van der Waals surface area contributed by atoms with Gasteiger partial charge in [0.05, 0.1) is 25.3 Å². The molecular weight excluding hydrogens is 600 g/mol. The van der Waals surface area contributed by atoms with Crippen LogP contribution in [0.1, 0.15) is 145 Å². The van der Waals surface area contributed by atoms with Crippen molar-refractivity contribution in [3.05, 3.63) is 12.2 Å². The van der Waals surface area contributed by atoms with Gasteiger partial charge in [-0.05, 0) is 128 Å². The van der Waals surface area contributed by atoms with E-state index >= 15 is 0 Å². The van der Waals surface area contributed by atoms with Gasteiger partial charge in [0.25, 0.3) is 0 Å². The lowest BCUT2D eigenvalue weighted by atomic mass is 9.32. The molecule has 7 nitrogen and oxygen atoms in total. The fourth-order valence-corrected chi connectivity index (χ4v) is 13.5. The lowest BCUT2D eigenvalue weighted by molar-refractivity contribution is -0.250. The topological polar surface area (TPSA) is 116 Å². The van der Waals surface area contributed by atoms with Crippen molar-refractivity contribution in [2.24, 2.45) is 62.1 Å². The van der Waals surface area contributed by atoms with Gasteiger partial charge in [-0.15, -0.1) is 0 Å². The van der Waals surface area contributed by atoms with E-state index < -0.39 is 11.4 Å². The van der Waals surface area contributed by atoms with E-state index in [9.17, 15) is 19.5 Å². The Bertz CT molecular complexity index is 1350. The number of aliphatic carboxylic acids is 1. The largest absolute Gasteiger partial charge is 0.481 e. The summed E-state index contributed by atoms with van der Waals surface area (Å²) < 4.78 is 6.25. The van der Waals surface area contributed by atoms with Crippen LogP contribution in [0.4, 0.5) is 0 Å². The number of hydrogen-bond acceptors (Lipinski definition) is 5. The van der Waals surface area contributed by atoms with E-state index in [0.29, 0.717) is 49.0 Å². The Morgan fingerprint density at radius 2 is 1.62 bits per heavy atom. The number of carboxylic acids is 1. The Morgan fingerprint density at radius 3 is 2.27 bits per heavy atom. The minimum absolute atomic E-state index is 0.0117. The molecule has 0 aromatic rings. The van der Waals surface area contributed by atoms with Crippen LogP contribution in [0.2, 0.25) is 0 Å². The van der Waals surface area contributed by atoms with Gasteiger partial charge in [0.2, 0.25) is 5.91 Å². The van der Waals surface area contributed by atoms with Gasteiger partial charge in [-0.3, -0.25) is 14.4 Å². The Morgan fingerprint density at radius 1 is 0.917 bits per heavy atom. The summed E-state index contributed by atoms with van der Waals surface area (Å²) in [6.45, 7) is 23.2. The third kappa shape index (κ3) is 6.04. The summed E-state index contributed by atoms with van der Waals surface area (Å²) >= 11 is 0. The number of nitrogens with one attached hydrogen (secondary N) is 1. The van der Waals surface area contributed by atoms with E-state index in [1.54, 1.807) is 0 Å². The van der Waals surface area contributed by atoms with Crippen LogP contribution >= 0.6 is 0 Å². The number of carboxylic acid groups (broad SMARTS) is 1. The van der Waals surface area contributed by atoms with Crippen molar-refractivity contribution in [2.75, 3.05) is 6.54 Å². The minimum Gasteiger partial charge on any atom is -0.481 e. The lowest BCUT2D eigenvalue weighted by Gasteiger charge is -2.73. The SMILES string of the molecule is C=C(C)[C@@H]1CC[C@]2(CC(=O)NCCC#N)CC[C@]3(C)[C@H](CC[C@@H]4[C@@]5(C)CC[C@H](OC(=O)CC(C)(C)CC(=O)O)C(C)(C)[C@@H]5CC[C@]43C)[C@@H]12. The standard InChI is InChI=1S/C41H64N2O5/c1-26(2)27-13-18-41(23-32(44)43-22-10-21-42)20-19-39(8)28(35(27)41)11-12-30-38(7)16-15-31(37(5,6)29(38)14-17-40(30,39)9)48-34(47)25-36(3,4)24-33(45)46/h27-31,35H,1,10-20,22-25H2,2-9H3,(H,43,44)(H,45,46)/t27-,28+,29-,30+,31-,35+,38-,39+,40+,41+/m0/s1. The van der Waals surface area contributed by atoms with Crippen LogP contribution in [0.3, 0.4) is 0 Å². The molecule has 10 atom stereocenters. The molecule has 5 aliphatic carbocycles. The van der Waals surface area contributed by atoms with E-state index in [1.165, 1.54) is 24.8 Å². The van der Waals surface area contributed by atoms with Crippen molar-refractivity contribution in [3.63, 3.8) is 0 Å². The summed E-state index contributed by atoms with van der Waals surface area (Å²) in [6.07, 6.45) is 11.9. The van der Waals surface area contributed by atoms with Crippen molar-refractivity contribution in [3.8, 4) is 6.07 Å². The van der Waals surface area contributed by atoms with E-state index in [2.05, 4.69) is 59.5 Å². The minimum atomic E-state index is -0.889. The molecule has 7 heteroatoms. The van der Waals surface area contributed by atoms with Gasteiger partial charge in [-0.2, -0.15) is 5.26 Å². The summed E-state index contributed by atoms with van der Waals surface area (Å²) in [7, 11) is 0. The highest BCUT2D eigenvalue weighted by atomic mass is 16.5. The fraction of sp³-hybridized carbons (Fsp3) is 0.854. The summed E-state index contributed by atoms with van der Waals surface area (Å²) in [5.74, 6) is 1.46. The molecule has 0 radical (unpaired) electrons. The van der Waals surface area contributed by atoms with Gasteiger partial charge in [-0.25, -0.2) is 0 Å². The molecule has 0 aromatic carbocycles. The molecule has 0 aliphatic heterocycles. The van der Waals surface area contributed by atoms with Crippen molar-refractivity contribution in [1.82, 2.24) is 5.32 Å². The second-order valence-corrected chi connectivity index (χ2v) is 19.2. The average Bonchev–Trinajstić information content (AvgIpc) is 3.33. The summed E-state index contributed by atoms with van der Waals surface area (Å²) in [5, 5.41) is 21.4. The Kier molecular flexibility index (Phi) is 9.81. The quantitative estimate of drug-likeness (QED) is 0.137. The number of fused-ring (bicyclic) bond motifs is 7. The second-order valence-electron chi connectivity index (χ2n) is 19.2. The number of allylic oxidation sites excluding steroid dienone is 1. The molecule has 0 heterocycles. The molecule has 0 spiro atoms. The summed E-state index contributed by atoms with van der Waals surface area (Å²) in [5.41, 5.74) is 0.988. The van der Waals surface area contributed by atoms with Crippen molar-refractivity contribution >= 4 is 17.8 Å². The molecule has 5 aliphatic rings. The van der Waals surface area contributed by atoms with Gasteiger partial charge in [0.15, 0.2) is 0 Å². The zero-order valence-electron chi connectivity index (χ0n) is 31.3. The first-order chi connectivity index (χ1) is 22.3. The zero-order valence-corrected chi connectivity index (χ0v) is 31.3.